The van der Waals surface area contributed by atoms with Gasteiger partial charge < -0.3 is 25.6 Å². The van der Waals surface area contributed by atoms with Crippen LogP contribution in [0.5, 0.6) is 5.88 Å². The standard InChI is InChI=1S/C23H26FN5O4/c1-11(2)17(10-30)33-23(31)29-18-7-13-6-14(19(24)20(25)16(13)9-27-18)15-8-28-22-21(12(15)3)26-4-5-32-22/h6-9,11,17,26,30H,4-5,10,25H2,1-3H3,(H,27,29,31). The van der Waals surface area contributed by atoms with Gasteiger partial charge in [0.15, 0.2) is 5.82 Å². The molecule has 9 nitrogen and oxygen atoms in total. The number of halogens is 1. The van der Waals surface area contributed by atoms with Crippen LogP contribution in [0.2, 0.25) is 0 Å². The third-order valence-corrected chi connectivity index (χ3v) is 5.65. The summed E-state index contributed by atoms with van der Waals surface area (Å²) in [5, 5.41) is 16.1. The maximum absolute atomic E-state index is 15.3. The predicted octanol–water partition coefficient (Wildman–Crippen LogP) is 3.70. The Balaban J connectivity index is 1.70. The van der Waals surface area contributed by atoms with Crippen LogP contribution in [0.4, 0.5) is 26.4 Å². The van der Waals surface area contributed by atoms with E-state index in [1.54, 1.807) is 18.3 Å². The summed E-state index contributed by atoms with van der Waals surface area (Å²) in [6, 6.07) is 3.23. The molecule has 1 aliphatic heterocycles. The number of hydrogen-bond donors (Lipinski definition) is 4. The van der Waals surface area contributed by atoms with Crippen LogP contribution in [0, 0.1) is 18.7 Å². The molecule has 0 bridgehead atoms. The lowest BCUT2D eigenvalue weighted by Crippen LogP contribution is -2.29. The molecule has 33 heavy (non-hydrogen) atoms. The average Bonchev–Trinajstić information content (AvgIpc) is 2.80. The van der Waals surface area contributed by atoms with Crippen LogP contribution in [-0.2, 0) is 4.74 Å². The maximum atomic E-state index is 15.3. The lowest BCUT2D eigenvalue weighted by atomic mass is 9.97. The number of aliphatic hydroxyl groups is 1. The van der Waals surface area contributed by atoms with E-state index in [0.717, 1.165) is 11.3 Å². The zero-order chi connectivity index (χ0) is 23.7. The van der Waals surface area contributed by atoms with Crippen LogP contribution >= 0.6 is 0 Å². The smallest absolute Gasteiger partial charge is 0.413 e. The van der Waals surface area contributed by atoms with Gasteiger partial charge in [0.05, 0.1) is 12.3 Å². The first-order chi connectivity index (χ1) is 15.8. The number of rotatable bonds is 5. The number of nitrogens with two attached hydrogens (primary N) is 1. The Kier molecular flexibility index (Phi) is 6.19. The molecule has 0 spiro atoms. The molecule has 1 aromatic carbocycles. The Bertz CT molecular complexity index is 1220. The van der Waals surface area contributed by atoms with Crippen molar-refractivity contribution in [2.45, 2.75) is 26.9 Å². The molecule has 5 N–H and O–H groups in total. The minimum absolute atomic E-state index is 0.0504. The van der Waals surface area contributed by atoms with Crippen molar-refractivity contribution < 1.29 is 23.8 Å². The number of fused-ring (bicyclic) bond motifs is 2. The van der Waals surface area contributed by atoms with Crippen molar-refractivity contribution in [3.63, 3.8) is 0 Å². The molecule has 0 aliphatic carbocycles. The zero-order valence-electron chi connectivity index (χ0n) is 18.6. The predicted molar refractivity (Wildman–Crippen MR) is 124 cm³/mol. The second-order valence-electron chi connectivity index (χ2n) is 8.19. The lowest BCUT2D eigenvalue weighted by Gasteiger charge is -2.22. The number of hydrogen-bond acceptors (Lipinski definition) is 8. The highest BCUT2D eigenvalue weighted by Gasteiger charge is 2.22. The SMILES string of the molecule is Cc1c(-c2cc3cc(NC(=O)OC(CO)C(C)C)ncc3c(N)c2F)cnc2c1NCCO2. The summed E-state index contributed by atoms with van der Waals surface area (Å²) < 4.78 is 26.0. The zero-order valence-corrected chi connectivity index (χ0v) is 18.6. The Hall–Kier alpha value is -3.66. The van der Waals surface area contributed by atoms with Gasteiger partial charge in [-0.15, -0.1) is 0 Å². The van der Waals surface area contributed by atoms with Crippen molar-refractivity contribution in [2.75, 3.05) is 36.1 Å². The summed E-state index contributed by atoms with van der Waals surface area (Å²) in [5.41, 5.74) is 8.41. The Morgan fingerprint density at radius 3 is 2.85 bits per heavy atom. The number of nitrogens with zero attached hydrogens (tertiary/aromatic N) is 2. The first kappa shape index (κ1) is 22.5. The summed E-state index contributed by atoms with van der Waals surface area (Å²) in [7, 11) is 0. The number of carbonyl (C=O) groups is 1. The summed E-state index contributed by atoms with van der Waals surface area (Å²) in [5.74, 6) is 0.0615. The van der Waals surface area contributed by atoms with E-state index < -0.39 is 18.0 Å². The van der Waals surface area contributed by atoms with Crippen molar-refractivity contribution in [3.8, 4) is 17.0 Å². The highest BCUT2D eigenvalue weighted by Crippen LogP contribution is 2.39. The molecule has 0 fully saturated rings. The number of nitrogen functional groups attached to an aromatic ring is 1. The molecule has 1 amide bonds. The monoisotopic (exact) mass is 455 g/mol. The van der Waals surface area contributed by atoms with Crippen molar-refractivity contribution in [1.82, 2.24) is 9.97 Å². The summed E-state index contributed by atoms with van der Waals surface area (Å²) in [6.45, 7) is 6.38. The summed E-state index contributed by atoms with van der Waals surface area (Å²) in [4.78, 5) is 20.7. The van der Waals surface area contributed by atoms with Crippen LogP contribution in [0.25, 0.3) is 21.9 Å². The Labute approximate surface area is 190 Å². The van der Waals surface area contributed by atoms with Gasteiger partial charge in [0.2, 0.25) is 5.88 Å². The normalized spacial score (nSPS) is 13.8. The molecule has 2 aromatic heterocycles. The van der Waals surface area contributed by atoms with Gasteiger partial charge in [0, 0.05) is 35.5 Å². The van der Waals surface area contributed by atoms with Gasteiger partial charge in [-0.2, -0.15) is 0 Å². The van der Waals surface area contributed by atoms with E-state index in [4.69, 9.17) is 15.2 Å². The Morgan fingerprint density at radius 2 is 2.12 bits per heavy atom. The van der Waals surface area contributed by atoms with Gasteiger partial charge in [-0.05, 0) is 35.9 Å². The fraction of sp³-hybridized carbons (Fsp3) is 0.348. The molecule has 0 radical (unpaired) electrons. The van der Waals surface area contributed by atoms with E-state index in [1.807, 2.05) is 20.8 Å². The molecule has 1 unspecified atom stereocenters. The van der Waals surface area contributed by atoms with Crippen LogP contribution < -0.4 is 21.1 Å². The highest BCUT2D eigenvalue weighted by atomic mass is 19.1. The number of anilines is 3. The van der Waals surface area contributed by atoms with E-state index in [-0.39, 0.29) is 29.6 Å². The van der Waals surface area contributed by atoms with Gasteiger partial charge in [0.1, 0.15) is 24.2 Å². The second-order valence-corrected chi connectivity index (χ2v) is 8.19. The van der Waals surface area contributed by atoms with Gasteiger partial charge in [-0.3, -0.25) is 5.32 Å². The molecule has 1 atom stereocenters. The third kappa shape index (κ3) is 4.34. The third-order valence-electron chi connectivity index (χ3n) is 5.65. The molecule has 3 heterocycles. The van der Waals surface area contributed by atoms with Crippen molar-refractivity contribution in [1.29, 1.82) is 0 Å². The number of aromatic nitrogens is 2. The second kappa shape index (κ2) is 9.07. The number of pyridine rings is 2. The van der Waals surface area contributed by atoms with Crippen LogP contribution in [-0.4, -0.2) is 47.0 Å². The maximum Gasteiger partial charge on any atom is 0.413 e. The minimum atomic E-state index is -0.745. The number of nitrogens with one attached hydrogen (secondary N) is 2. The van der Waals surface area contributed by atoms with Gasteiger partial charge >= 0.3 is 6.09 Å². The van der Waals surface area contributed by atoms with Gasteiger partial charge in [-0.25, -0.2) is 19.2 Å². The number of aliphatic hydroxyl groups excluding tert-OH is 1. The first-order valence-corrected chi connectivity index (χ1v) is 10.6. The molecular formula is C23H26FN5O4. The number of carbonyl (C=O) groups excluding carboxylic acids is 1. The molecule has 174 valence electrons. The largest absolute Gasteiger partial charge is 0.474 e. The fourth-order valence-electron chi connectivity index (χ4n) is 3.71. The topological polar surface area (TPSA) is 132 Å². The lowest BCUT2D eigenvalue weighted by molar-refractivity contribution is 0.0390. The van der Waals surface area contributed by atoms with E-state index in [9.17, 15) is 9.90 Å². The van der Waals surface area contributed by atoms with E-state index in [0.29, 0.717) is 35.4 Å². The molecule has 0 saturated carbocycles. The van der Waals surface area contributed by atoms with Crippen molar-refractivity contribution in [3.05, 3.63) is 35.9 Å². The van der Waals surface area contributed by atoms with E-state index >= 15 is 4.39 Å². The van der Waals surface area contributed by atoms with Gasteiger partial charge in [-0.1, -0.05) is 13.8 Å². The van der Waals surface area contributed by atoms with Crippen LogP contribution in [0.15, 0.2) is 24.5 Å². The summed E-state index contributed by atoms with van der Waals surface area (Å²) in [6.07, 6.45) is 1.57. The summed E-state index contributed by atoms with van der Waals surface area (Å²) >= 11 is 0. The first-order valence-electron chi connectivity index (χ1n) is 10.6. The molecule has 10 heteroatoms. The number of amides is 1. The highest BCUT2D eigenvalue weighted by molar-refractivity contribution is 5.99. The Morgan fingerprint density at radius 1 is 1.33 bits per heavy atom. The molecule has 0 saturated heterocycles. The minimum Gasteiger partial charge on any atom is -0.474 e. The van der Waals surface area contributed by atoms with E-state index in [2.05, 4.69) is 20.6 Å². The molecule has 4 rings (SSSR count). The quantitative estimate of drug-likeness (QED) is 0.428. The average molecular weight is 455 g/mol. The fourth-order valence-corrected chi connectivity index (χ4v) is 3.71. The van der Waals surface area contributed by atoms with E-state index in [1.165, 1.54) is 6.20 Å². The number of benzene rings is 1. The van der Waals surface area contributed by atoms with Gasteiger partial charge in [0.25, 0.3) is 0 Å². The van der Waals surface area contributed by atoms with Crippen LogP contribution in [0.1, 0.15) is 19.4 Å². The van der Waals surface area contributed by atoms with Crippen molar-refractivity contribution in [2.24, 2.45) is 5.92 Å². The molecule has 3 aromatic rings. The van der Waals surface area contributed by atoms with Crippen molar-refractivity contribution >= 4 is 34.1 Å². The number of ether oxygens (including phenoxy) is 2. The molecular weight excluding hydrogens is 429 g/mol. The van der Waals surface area contributed by atoms with Crippen LogP contribution in [0.3, 0.4) is 0 Å². The molecule has 1 aliphatic rings.